The van der Waals surface area contributed by atoms with E-state index >= 15 is 0 Å². The highest BCUT2D eigenvalue weighted by atomic mass is 32.2. The van der Waals surface area contributed by atoms with Crippen molar-refractivity contribution in [1.29, 1.82) is 0 Å². The number of nitrogens with zero attached hydrogens (tertiary/aromatic N) is 3. The van der Waals surface area contributed by atoms with E-state index in [9.17, 15) is 8.42 Å². The molecule has 0 unspecified atom stereocenters. The molecule has 0 fully saturated rings. The summed E-state index contributed by atoms with van der Waals surface area (Å²) in [5, 5.41) is 6.59. The summed E-state index contributed by atoms with van der Waals surface area (Å²) < 4.78 is 25.8. The maximum Gasteiger partial charge on any atom is 0.243 e. The minimum Gasteiger partial charge on any atom is -0.399 e. The fourth-order valence-electron chi connectivity index (χ4n) is 1.60. The van der Waals surface area contributed by atoms with E-state index in [0.29, 0.717) is 17.3 Å². The highest BCUT2D eigenvalue weighted by Gasteiger charge is 2.22. The van der Waals surface area contributed by atoms with Crippen molar-refractivity contribution < 1.29 is 8.42 Å². The standard InChI is InChI=1S/C11H15N5O2S/c1-8-13-11(15-14-8)7-16(2)19(17,18)10-5-3-4-9(12)6-10/h3-6H,7,12H2,1-2H3,(H,13,14,15). The molecule has 0 spiro atoms. The summed E-state index contributed by atoms with van der Waals surface area (Å²) in [6, 6.07) is 6.17. The molecular formula is C11H15N5O2S. The van der Waals surface area contributed by atoms with Gasteiger partial charge >= 0.3 is 0 Å². The lowest BCUT2D eigenvalue weighted by atomic mass is 10.3. The van der Waals surface area contributed by atoms with Gasteiger partial charge in [0, 0.05) is 12.7 Å². The molecule has 7 nitrogen and oxygen atoms in total. The lowest BCUT2D eigenvalue weighted by molar-refractivity contribution is 0.457. The molecule has 0 aliphatic carbocycles. The molecule has 0 bridgehead atoms. The van der Waals surface area contributed by atoms with E-state index in [4.69, 9.17) is 5.73 Å². The Kier molecular flexibility index (Phi) is 3.54. The lowest BCUT2D eigenvalue weighted by Crippen LogP contribution is -2.27. The smallest absolute Gasteiger partial charge is 0.243 e. The van der Waals surface area contributed by atoms with Crippen LogP contribution in [0, 0.1) is 6.92 Å². The number of benzene rings is 1. The van der Waals surface area contributed by atoms with Crippen LogP contribution in [0.3, 0.4) is 0 Å². The number of nitrogens with two attached hydrogens (primary N) is 1. The van der Waals surface area contributed by atoms with E-state index < -0.39 is 10.0 Å². The molecule has 1 heterocycles. The molecule has 2 rings (SSSR count). The summed E-state index contributed by atoms with van der Waals surface area (Å²) in [6.07, 6.45) is 0. The second-order valence-corrected chi connectivity index (χ2v) is 6.22. The average Bonchev–Trinajstić information content (AvgIpc) is 2.74. The molecule has 3 N–H and O–H groups in total. The molecule has 0 saturated heterocycles. The Morgan fingerprint density at radius 1 is 1.42 bits per heavy atom. The van der Waals surface area contributed by atoms with Gasteiger partial charge < -0.3 is 5.73 Å². The topological polar surface area (TPSA) is 105 Å². The molecule has 8 heteroatoms. The lowest BCUT2D eigenvalue weighted by Gasteiger charge is -2.15. The van der Waals surface area contributed by atoms with E-state index in [1.165, 1.54) is 23.5 Å². The zero-order valence-corrected chi connectivity index (χ0v) is 11.5. The Hall–Kier alpha value is -1.93. The number of rotatable bonds is 4. The van der Waals surface area contributed by atoms with Gasteiger partial charge in [-0.2, -0.15) is 9.40 Å². The van der Waals surface area contributed by atoms with E-state index in [1.807, 2.05) is 0 Å². The van der Waals surface area contributed by atoms with Gasteiger partial charge in [0.15, 0.2) is 5.82 Å². The first-order valence-corrected chi connectivity index (χ1v) is 7.03. The minimum absolute atomic E-state index is 0.0987. The number of nitrogens with one attached hydrogen (secondary N) is 1. The molecule has 0 radical (unpaired) electrons. The molecule has 1 aromatic heterocycles. The normalized spacial score (nSPS) is 11.9. The molecular weight excluding hydrogens is 266 g/mol. The van der Waals surface area contributed by atoms with Crippen molar-refractivity contribution in [1.82, 2.24) is 19.5 Å². The molecule has 0 aliphatic heterocycles. The predicted molar refractivity (Wildman–Crippen MR) is 70.6 cm³/mol. The summed E-state index contributed by atoms with van der Waals surface area (Å²) in [4.78, 5) is 4.23. The van der Waals surface area contributed by atoms with Crippen LogP contribution in [0.25, 0.3) is 0 Å². The largest absolute Gasteiger partial charge is 0.399 e. The van der Waals surface area contributed by atoms with Crippen molar-refractivity contribution in [3.63, 3.8) is 0 Å². The number of anilines is 1. The van der Waals surface area contributed by atoms with Crippen LogP contribution in [0.4, 0.5) is 5.69 Å². The molecule has 2 aromatic rings. The highest BCUT2D eigenvalue weighted by Crippen LogP contribution is 2.17. The van der Waals surface area contributed by atoms with Gasteiger partial charge in [0.05, 0.1) is 11.4 Å². The Bertz CT molecular complexity index is 680. The molecule has 0 atom stereocenters. The Morgan fingerprint density at radius 3 is 2.74 bits per heavy atom. The quantitative estimate of drug-likeness (QED) is 0.795. The highest BCUT2D eigenvalue weighted by molar-refractivity contribution is 7.89. The van der Waals surface area contributed by atoms with Crippen molar-refractivity contribution in [3.8, 4) is 0 Å². The number of sulfonamides is 1. The van der Waals surface area contributed by atoms with Gasteiger partial charge in [0.25, 0.3) is 0 Å². The van der Waals surface area contributed by atoms with Gasteiger partial charge in [0.1, 0.15) is 5.82 Å². The fourth-order valence-corrected chi connectivity index (χ4v) is 2.78. The van der Waals surface area contributed by atoms with Crippen molar-refractivity contribution in [2.75, 3.05) is 12.8 Å². The van der Waals surface area contributed by atoms with Gasteiger partial charge in [-0.1, -0.05) is 6.07 Å². The Morgan fingerprint density at radius 2 is 2.16 bits per heavy atom. The maximum absolute atomic E-state index is 12.3. The minimum atomic E-state index is -3.59. The van der Waals surface area contributed by atoms with Crippen LogP contribution in [-0.4, -0.2) is 35.0 Å². The first-order valence-electron chi connectivity index (χ1n) is 5.59. The monoisotopic (exact) mass is 281 g/mol. The van der Waals surface area contributed by atoms with Crippen molar-refractivity contribution in [2.24, 2.45) is 0 Å². The third kappa shape index (κ3) is 2.91. The van der Waals surface area contributed by atoms with Crippen molar-refractivity contribution in [2.45, 2.75) is 18.4 Å². The Balaban J connectivity index is 2.24. The first-order chi connectivity index (χ1) is 8.89. The van der Waals surface area contributed by atoms with Gasteiger partial charge in [-0.25, -0.2) is 13.4 Å². The van der Waals surface area contributed by atoms with E-state index in [1.54, 1.807) is 19.1 Å². The molecule has 1 aromatic carbocycles. The maximum atomic E-state index is 12.3. The summed E-state index contributed by atoms with van der Waals surface area (Å²) in [5.41, 5.74) is 6.00. The van der Waals surface area contributed by atoms with E-state index in [0.717, 1.165) is 0 Å². The number of hydrogen-bond donors (Lipinski definition) is 2. The number of H-pyrrole nitrogens is 1. The van der Waals surface area contributed by atoms with Crippen LogP contribution in [-0.2, 0) is 16.6 Å². The number of aromatic amines is 1. The molecule has 0 amide bonds. The number of hydrogen-bond acceptors (Lipinski definition) is 5. The van der Waals surface area contributed by atoms with Crippen LogP contribution in [0.15, 0.2) is 29.2 Å². The third-order valence-corrected chi connectivity index (χ3v) is 4.37. The number of nitrogen functional groups attached to an aromatic ring is 1. The SMILES string of the molecule is Cc1nc(CN(C)S(=O)(=O)c2cccc(N)c2)n[nH]1. The zero-order valence-electron chi connectivity index (χ0n) is 10.7. The van der Waals surface area contributed by atoms with Crippen LogP contribution in [0.5, 0.6) is 0 Å². The van der Waals surface area contributed by atoms with Crippen LogP contribution >= 0.6 is 0 Å². The van der Waals surface area contributed by atoms with E-state index in [2.05, 4.69) is 15.2 Å². The second-order valence-electron chi connectivity index (χ2n) is 4.17. The van der Waals surface area contributed by atoms with Crippen LogP contribution < -0.4 is 5.73 Å². The average molecular weight is 281 g/mol. The summed E-state index contributed by atoms with van der Waals surface area (Å²) in [7, 11) is -2.11. The van der Waals surface area contributed by atoms with Crippen molar-refractivity contribution in [3.05, 3.63) is 35.9 Å². The van der Waals surface area contributed by atoms with Gasteiger partial charge in [0.2, 0.25) is 10.0 Å². The van der Waals surface area contributed by atoms with E-state index in [-0.39, 0.29) is 11.4 Å². The molecule has 102 valence electrons. The van der Waals surface area contributed by atoms with Gasteiger partial charge in [-0.3, -0.25) is 5.10 Å². The fraction of sp³-hybridized carbons (Fsp3) is 0.273. The van der Waals surface area contributed by atoms with Crippen molar-refractivity contribution >= 4 is 15.7 Å². The molecule has 0 saturated carbocycles. The molecule has 0 aliphatic rings. The van der Waals surface area contributed by atoms with Gasteiger partial charge in [-0.15, -0.1) is 0 Å². The first kappa shape index (κ1) is 13.5. The summed E-state index contributed by atoms with van der Waals surface area (Å²) >= 11 is 0. The Labute approximate surface area is 111 Å². The van der Waals surface area contributed by atoms with Crippen LogP contribution in [0.1, 0.15) is 11.6 Å². The molecule has 19 heavy (non-hydrogen) atoms. The van der Waals surface area contributed by atoms with Gasteiger partial charge in [-0.05, 0) is 25.1 Å². The number of aromatic nitrogens is 3. The second kappa shape index (κ2) is 4.98. The predicted octanol–water partition coefficient (Wildman–Crippen LogP) is 0.516. The third-order valence-electron chi connectivity index (χ3n) is 2.57. The zero-order chi connectivity index (χ0) is 14.0. The summed E-state index contributed by atoms with van der Waals surface area (Å²) in [5.74, 6) is 1.07. The van der Waals surface area contributed by atoms with Crippen LogP contribution in [0.2, 0.25) is 0 Å². The summed E-state index contributed by atoms with van der Waals surface area (Å²) in [6.45, 7) is 1.85. The number of aryl methyl sites for hydroxylation is 1.